The summed E-state index contributed by atoms with van der Waals surface area (Å²) in [6.07, 6.45) is 0. The minimum Gasteiger partial charge on any atom is -0.508 e. The predicted octanol–water partition coefficient (Wildman–Crippen LogP) is 5.20. The van der Waals surface area contributed by atoms with Gasteiger partial charge in [-0.05, 0) is 59.7 Å². The van der Waals surface area contributed by atoms with Crippen molar-refractivity contribution in [1.29, 1.82) is 0 Å². The zero-order chi connectivity index (χ0) is 22.5. The molecule has 0 radical (unpaired) electrons. The van der Waals surface area contributed by atoms with Gasteiger partial charge >= 0.3 is 11.9 Å². The van der Waals surface area contributed by atoms with Crippen LogP contribution in [-0.4, -0.2) is 22.2 Å². The third kappa shape index (κ3) is 4.94. The molecule has 4 rings (SSSR count). The van der Waals surface area contributed by atoms with Crippen molar-refractivity contribution in [3.63, 3.8) is 0 Å². The largest absolute Gasteiger partial charge is 0.508 e. The maximum absolute atomic E-state index is 12.5. The molecule has 0 aliphatic heterocycles. The monoisotopic (exact) mass is 426 g/mol. The van der Waals surface area contributed by atoms with Crippen LogP contribution in [0.2, 0.25) is 0 Å². The van der Waals surface area contributed by atoms with E-state index in [4.69, 9.17) is 9.47 Å². The van der Waals surface area contributed by atoms with E-state index in [1.807, 2.05) is 30.3 Å². The van der Waals surface area contributed by atoms with Gasteiger partial charge in [0, 0.05) is 6.07 Å². The Morgan fingerprint density at radius 1 is 0.531 bits per heavy atom. The van der Waals surface area contributed by atoms with Gasteiger partial charge in [-0.15, -0.1) is 0 Å². The van der Waals surface area contributed by atoms with E-state index in [9.17, 15) is 19.8 Å². The number of aromatic hydroxyl groups is 2. The van der Waals surface area contributed by atoms with Crippen molar-refractivity contribution in [3.05, 3.63) is 108 Å². The van der Waals surface area contributed by atoms with Crippen LogP contribution in [0.3, 0.4) is 0 Å². The van der Waals surface area contributed by atoms with Crippen molar-refractivity contribution < 1.29 is 29.3 Å². The molecule has 0 amide bonds. The number of hydrogen-bond acceptors (Lipinski definition) is 6. The second kappa shape index (κ2) is 9.06. The van der Waals surface area contributed by atoms with Crippen molar-refractivity contribution >= 4 is 11.9 Å². The summed E-state index contributed by atoms with van der Waals surface area (Å²) in [4.78, 5) is 25.1. The second-order valence-corrected chi connectivity index (χ2v) is 6.94. The summed E-state index contributed by atoms with van der Waals surface area (Å²) in [5.74, 6) is -1.12. The molecule has 0 saturated carbocycles. The number of esters is 2. The molecular formula is C26H18O6. The average molecular weight is 426 g/mol. The smallest absolute Gasteiger partial charge is 0.343 e. The van der Waals surface area contributed by atoms with Gasteiger partial charge < -0.3 is 19.7 Å². The summed E-state index contributed by atoms with van der Waals surface area (Å²) < 4.78 is 11.0. The maximum Gasteiger partial charge on any atom is 0.343 e. The van der Waals surface area contributed by atoms with Crippen molar-refractivity contribution in [2.75, 3.05) is 0 Å². The summed E-state index contributed by atoms with van der Waals surface area (Å²) in [5.41, 5.74) is 1.85. The fraction of sp³-hybridized carbons (Fsp3) is 0. The van der Waals surface area contributed by atoms with E-state index in [0.717, 1.165) is 5.56 Å². The van der Waals surface area contributed by atoms with Gasteiger partial charge in [-0.1, -0.05) is 42.5 Å². The molecule has 2 N–H and O–H groups in total. The van der Waals surface area contributed by atoms with E-state index in [2.05, 4.69) is 0 Å². The minimum atomic E-state index is -0.670. The Bertz CT molecular complexity index is 1200. The van der Waals surface area contributed by atoms with Crippen LogP contribution in [-0.2, 0) is 0 Å². The summed E-state index contributed by atoms with van der Waals surface area (Å²) >= 11 is 0. The highest BCUT2D eigenvalue weighted by Crippen LogP contribution is 2.31. The van der Waals surface area contributed by atoms with Gasteiger partial charge in [0.05, 0.1) is 11.1 Å². The van der Waals surface area contributed by atoms with Crippen molar-refractivity contribution in [2.24, 2.45) is 0 Å². The molecular weight excluding hydrogens is 408 g/mol. The van der Waals surface area contributed by atoms with Crippen LogP contribution in [0.4, 0.5) is 0 Å². The number of carbonyl (C=O) groups excluding carboxylic acids is 2. The first-order valence-corrected chi connectivity index (χ1v) is 9.71. The number of phenolic OH excluding ortho intramolecular Hbond substituents is 2. The third-order valence-corrected chi connectivity index (χ3v) is 4.57. The molecule has 4 aromatic rings. The summed E-state index contributed by atoms with van der Waals surface area (Å²) in [6.45, 7) is 0. The molecule has 0 fully saturated rings. The van der Waals surface area contributed by atoms with Gasteiger partial charge in [0.1, 0.15) is 23.0 Å². The first-order chi connectivity index (χ1) is 15.5. The minimum absolute atomic E-state index is 0.0572. The van der Waals surface area contributed by atoms with Crippen LogP contribution in [0.25, 0.3) is 11.1 Å². The third-order valence-electron chi connectivity index (χ3n) is 4.57. The first-order valence-electron chi connectivity index (χ1n) is 9.71. The topological polar surface area (TPSA) is 93.1 Å². The molecule has 6 heteroatoms. The molecule has 0 aliphatic rings. The van der Waals surface area contributed by atoms with Crippen LogP contribution in [0.5, 0.6) is 23.0 Å². The van der Waals surface area contributed by atoms with Gasteiger partial charge in [-0.25, -0.2) is 9.59 Å². The van der Waals surface area contributed by atoms with Crippen LogP contribution < -0.4 is 9.47 Å². The van der Waals surface area contributed by atoms with Gasteiger partial charge in [0.2, 0.25) is 0 Å². The van der Waals surface area contributed by atoms with Crippen LogP contribution in [0.15, 0.2) is 97.1 Å². The molecule has 32 heavy (non-hydrogen) atoms. The Morgan fingerprint density at radius 2 is 1.03 bits per heavy atom. The summed E-state index contributed by atoms with van der Waals surface area (Å²) in [7, 11) is 0. The summed E-state index contributed by atoms with van der Waals surface area (Å²) in [6, 6.07) is 25.7. The summed E-state index contributed by atoms with van der Waals surface area (Å²) in [5, 5.41) is 19.2. The number of hydrogen-bond donors (Lipinski definition) is 2. The molecule has 158 valence electrons. The highest BCUT2D eigenvalue weighted by atomic mass is 16.5. The predicted molar refractivity (Wildman–Crippen MR) is 118 cm³/mol. The standard InChI is InChI=1S/C26H18O6/c27-21-10-4-8-18(12-21)25(29)31-23-14-20(17-6-2-1-3-7-17)15-24(16-23)32-26(30)19-9-5-11-22(28)13-19/h1-16,27-28H. The Hall–Kier alpha value is -4.58. The number of carbonyl (C=O) groups is 2. The lowest BCUT2D eigenvalue weighted by Crippen LogP contribution is -2.10. The van der Waals surface area contributed by atoms with E-state index in [1.54, 1.807) is 12.1 Å². The molecule has 0 atom stereocenters. The zero-order valence-electron chi connectivity index (χ0n) is 16.8. The molecule has 0 bridgehead atoms. The molecule has 0 saturated heterocycles. The van der Waals surface area contributed by atoms with Crippen molar-refractivity contribution in [2.45, 2.75) is 0 Å². The number of phenols is 2. The fourth-order valence-corrected chi connectivity index (χ4v) is 3.08. The van der Waals surface area contributed by atoms with Crippen molar-refractivity contribution in [3.8, 4) is 34.1 Å². The van der Waals surface area contributed by atoms with Crippen LogP contribution >= 0.6 is 0 Å². The maximum atomic E-state index is 12.5. The highest BCUT2D eigenvalue weighted by Gasteiger charge is 2.15. The van der Waals surface area contributed by atoms with E-state index >= 15 is 0 Å². The van der Waals surface area contributed by atoms with Gasteiger partial charge in [-0.2, -0.15) is 0 Å². The number of rotatable bonds is 5. The zero-order valence-corrected chi connectivity index (χ0v) is 16.8. The lowest BCUT2D eigenvalue weighted by atomic mass is 10.1. The van der Waals surface area contributed by atoms with E-state index in [0.29, 0.717) is 5.56 Å². The molecule has 0 aromatic heterocycles. The highest BCUT2D eigenvalue weighted by molar-refractivity contribution is 5.93. The van der Waals surface area contributed by atoms with E-state index in [-0.39, 0.29) is 34.1 Å². The molecule has 4 aromatic carbocycles. The Labute approximate surface area is 183 Å². The lowest BCUT2D eigenvalue weighted by molar-refractivity contribution is 0.0732. The molecule has 0 unspecified atom stereocenters. The molecule has 0 heterocycles. The lowest BCUT2D eigenvalue weighted by Gasteiger charge is -2.11. The van der Waals surface area contributed by atoms with E-state index < -0.39 is 11.9 Å². The van der Waals surface area contributed by atoms with E-state index in [1.165, 1.54) is 54.6 Å². The molecule has 6 nitrogen and oxygen atoms in total. The molecule has 0 aliphatic carbocycles. The average Bonchev–Trinajstić information content (AvgIpc) is 2.79. The quantitative estimate of drug-likeness (QED) is 0.336. The molecule has 0 spiro atoms. The Kier molecular flexibility index (Phi) is 5.85. The van der Waals surface area contributed by atoms with Crippen LogP contribution in [0, 0.1) is 0 Å². The SMILES string of the molecule is O=C(Oc1cc(OC(=O)c2cccc(O)c2)cc(-c2ccccc2)c1)c1cccc(O)c1. The van der Waals surface area contributed by atoms with Crippen molar-refractivity contribution in [1.82, 2.24) is 0 Å². The Morgan fingerprint density at radius 3 is 1.50 bits per heavy atom. The first kappa shape index (κ1) is 20.7. The van der Waals surface area contributed by atoms with Gasteiger partial charge in [-0.3, -0.25) is 0 Å². The van der Waals surface area contributed by atoms with Crippen LogP contribution in [0.1, 0.15) is 20.7 Å². The normalized spacial score (nSPS) is 10.4. The Balaban J connectivity index is 1.66. The number of benzene rings is 4. The van der Waals surface area contributed by atoms with Gasteiger partial charge in [0.15, 0.2) is 0 Å². The van der Waals surface area contributed by atoms with Gasteiger partial charge in [0.25, 0.3) is 0 Å². The fourth-order valence-electron chi connectivity index (χ4n) is 3.08. The number of ether oxygens (including phenoxy) is 2. The second-order valence-electron chi connectivity index (χ2n) is 6.94.